The Morgan fingerprint density at radius 1 is 1.30 bits per heavy atom. The molecule has 20 heavy (non-hydrogen) atoms. The number of rotatable bonds is 5. The molecule has 116 valence electrons. The van der Waals surface area contributed by atoms with Gasteiger partial charge in [0.05, 0.1) is 0 Å². The number of amides is 1. The van der Waals surface area contributed by atoms with Crippen LogP contribution in [0.1, 0.15) is 59.8 Å². The minimum atomic E-state index is -1.32. The second kappa shape index (κ2) is 7.65. The topological polar surface area (TPSA) is 57.6 Å². The normalized spacial score (nSPS) is 26.6. The second-order valence-corrected chi connectivity index (χ2v) is 6.55. The van der Waals surface area contributed by atoms with Crippen LogP contribution >= 0.6 is 0 Å². The Kier molecular flexibility index (Phi) is 6.50. The van der Waals surface area contributed by atoms with E-state index in [0.29, 0.717) is 24.3 Å². The van der Waals surface area contributed by atoms with Crippen molar-refractivity contribution in [3.8, 4) is 0 Å². The van der Waals surface area contributed by atoms with Gasteiger partial charge in [0.2, 0.25) is 0 Å². The third-order valence-corrected chi connectivity index (χ3v) is 4.58. The van der Waals surface area contributed by atoms with Crippen LogP contribution in [-0.4, -0.2) is 34.5 Å². The van der Waals surface area contributed by atoms with Crippen molar-refractivity contribution < 1.29 is 14.7 Å². The summed E-state index contributed by atoms with van der Waals surface area (Å²) in [6.07, 6.45) is 5.06. The standard InChI is InChI=1S/C16H29NO3/c1-5-6-9-17(15(18)16(19)20)14-10-12(4)7-8-13(14)11(2)3/h11-14H,5-10H2,1-4H3,(H,19,20). The molecule has 0 spiro atoms. The Balaban J connectivity index is 2.94. The van der Waals surface area contributed by atoms with E-state index in [1.165, 1.54) is 6.42 Å². The van der Waals surface area contributed by atoms with Gasteiger partial charge in [-0.15, -0.1) is 0 Å². The summed E-state index contributed by atoms with van der Waals surface area (Å²) < 4.78 is 0. The van der Waals surface area contributed by atoms with Gasteiger partial charge in [-0.1, -0.05) is 40.5 Å². The number of carboxylic acid groups (broad SMARTS) is 1. The molecule has 0 bridgehead atoms. The van der Waals surface area contributed by atoms with E-state index in [1.807, 2.05) is 0 Å². The molecule has 0 radical (unpaired) electrons. The zero-order chi connectivity index (χ0) is 15.3. The van der Waals surface area contributed by atoms with Crippen molar-refractivity contribution in [3.05, 3.63) is 0 Å². The molecule has 4 heteroatoms. The number of nitrogens with zero attached hydrogens (tertiary/aromatic N) is 1. The lowest BCUT2D eigenvalue weighted by molar-refractivity contribution is -0.159. The van der Waals surface area contributed by atoms with Crippen LogP contribution in [0.25, 0.3) is 0 Å². The SMILES string of the molecule is CCCCN(C(=O)C(=O)O)C1CC(C)CCC1C(C)C. The Morgan fingerprint density at radius 3 is 2.45 bits per heavy atom. The fourth-order valence-electron chi connectivity index (χ4n) is 3.38. The molecule has 0 heterocycles. The number of carboxylic acids is 1. The number of aliphatic carboxylic acids is 1. The average molecular weight is 283 g/mol. The van der Waals surface area contributed by atoms with Crippen LogP contribution in [0.5, 0.6) is 0 Å². The molecule has 1 N–H and O–H groups in total. The number of hydrogen-bond acceptors (Lipinski definition) is 2. The van der Waals surface area contributed by atoms with E-state index >= 15 is 0 Å². The summed E-state index contributed by atoms with van der Waals surface area (Å²) in [5, 5.41) is 9.08. The van der Waals surface area contributed by atoms with Gasteiger partial charge in [0, 0.05) is 12.6 Å². The predicted molar refractivity (Wildman–Crippen MR) is 79.4 cm³/mol. The molecular weight excluding hydrogens is 254 g/mol. The van der Waals surface area contributed by atoms with Gasteiger partial charge >= 0.3 is 11.9 Å². The van der Waals surface area contributed by atoms with Crippen molar-refractivity contribution in [2.24, 2.45) is 17.8 Å². The fourth-order valence-corrected chi connectivity index (χ4v) is 3.38. The molecule has 0 aliphatic heterocycles. The van der Waals surface area contributed by atoms with E-state index in [2.05, 4.69) is 27.7 Å². The first-order valence-electron chi connectivity index (χ1n) is 7.92. The summed E-state index contributed by atoms with van der Waals surface area (Å²) >= 11 is 0. The van der Waals surface area contributed by atoms with Crippen LogP contribution in [0.4, 0.5) is 0 Å². The second-order valence-electron chi connectivity index (χ2n) is 6.55. The third-order valence-electron chi connectivity index (χ3n) is 4.58. The van der Waals surface area contributed by atoms with E-state index in [9.17, 15) is 9.59 Å². The summed E-state index contributed by atoms with van der Waals surface area (Å²) in [6.45, 7) is 9.19. The van der Waals surface area contributed by atoms with Crippen molar-refractivity contribution in [2.45, 2.75) is 65.8 Å². The molecule has 1 aliphatic carbocycles. The molecule has 0 aromatic rings. The molecule has 1 aliphatic rings. The van der Waals surface area contributed by atoms with Crippen LogP contribution in [0.2, 0.25) is 0 Å². The highest BCUT2D eigenvalue weighted by Gasteiger charge is 2.38. The number of carbonyl (C=O) groups is 2. The van der Waals surface area contributed by atoms with Gasteiger partial charge in [-0.05, 0) is 37.0 Å². The summed E-state index contributed by atoms with van der Waals surface area (Å²) in [5.41, 5.74) is 0. The van der Waals surface area contributed by atoms with Crippen molar-refractivity contribution in [1.29, 1.82) is 0 Å². The van der Waals surface area contributed by atoms with Crippen LogP contribution in [0.3, 0.4) is 0 Å². The number of unbranched alkanes of at least 4 members (excludes halogenated alkanes) is 1. The molecule has 0 saturated heterocycles. The van der Waals surface area contributed by atoms with E-state index in [4.69, 9.17) is 5.11 Å². The lowest BCUT2D eigenvalue weighted by Crippen LogP contribution is -2.51. The summed E-state index contributed by atoms with van der Waals surface area (Å²) in [5.74, 6) is -0.560. The van der Waals surface area contributed by atoms with Gasteiger partial charge in [-0.2, -0.15) is 0 Å². The Morgan fingerprint density at radius 2 is 1.95 bits per heavy atom. The Labute approximate surface area is 122 Å². The van der Waals surface area contributed by atoms with E-state index in [1.54, 1.807) is 4.90 Å². The molecule has 1 rings (SSSR count). The summed E-state index contributed by atoms with van der Waals surface area (Å²) in [6, 6.07) is 0.0916. The molecule has 4 nitrogen and oxygen atoms in total. The highest BCUT2D eigenvalue weighted by molar-refractivity contribution is 6.31. The molecule has 1 saturated carbocycles. The Hall–Kier alpha value is -1.06. The molecular formula is C16H29NO3. The maximum absolute atomic E-state index is 12.0. The zero-order valence-electron chi connectivity index (χ0n) is 13.3. The van der Waals surface area contributed by atoms with Gasteiger partial charge in [-0.3, -0.25) is 4.79 Å². The minimum absolute atomic E-state index is 0.0916. The molecule has 0 aromatic carbocycles. The van der Waals surface area contributed by atoms with E-state index < -0.39 is 11.9 Å². The van der Waals surface area contributed by atoms with Gasteiger partial charge in [0.25, 0.3) is 0 Å². The van der Waals surface area contributed by atoms with Crippen LogP contribution in [0.15, 0.2) is 0 Å². The zero-order valence-corrected chi connectivity index (χ0v) is 13.3. The van der Waals surface area contributed by atoms with Gasteiger partial charge in [-0.25, -0.2) is 4.79 Å². The van der Waals surface area contributed by atoms with Gasteiger partial charge in [0.15, 0.2) is 0 Å². The minimum Gasteiger partial charge on any atom is -0.474 e. The molecule has 3 unspecified atom stereocenters. The van der Waals surface area contributed by atoms with Crippen LogP contribution < -0.4 is 0 Å². The van der Waals surface area contributed by atoms with Gasteiger partial charge < -0.3 is 10.0 Å². The molecule has 1 fully saturated rings. The van der Waals surface area contributed by atoms with Gasteiger partial charge in [0.1, 0.15) is 0 Å². The number of hydrogen-bond donors (Lipinski definition) is 1. The first-order valence-corrected chi connectivity index (χ1v) is 7.92. The van der Waals surface area contributed by atoms with Crippen molar-refractivity contribution in [3.63, 3.8) is 0 Å². The van der Waals surface area contributed by atoms with Crippen LogP contribution in [0, 0.1) is 17.8 Å². The average Bonchev–Trinajstić information content (AvgIpc) is 2.38. The monoisotopic (exact) mass is 283 g/mol. The largest absolute Gasteiger partial charge is 0.474 e. The predicted octanol–water partition coefficient (Wildman–Crippen LogP) is 3.16. The number of carbonyl (C=O) groups excluding carboxylic acids is 1. The van der Waals surface area contributed by atoms with Crippen molar-refractivity contribution >= 4 is 11.9 Å². The molecule has 3 atom stereocenters. The molecule has 1 amide bonds. The van der Waals surface area contributed by atoms with E-state index in [0.717, 1.165) is 25.7 Å². The fraction of sp³-hybridized carbons (Fsp3) is 0.875. The quantitative estimate of drug-likeness (QED) is 0.788. The molecule has 0 aromatic heterocycles. The lowest BCUT2D eigenvalue weighted by atomic mass is 9.73. The highest BCUT2D eigenvalue weighted by atomic mass is 16.4. The van der Waals surface area contributed by atoms with Crippen molar-refractivity contribution in [1.82, 2.24) is 4.90 Å². The van der Waals surface area contributed by atoms with E-state index in [-0.39, 0.29) is 6.04 Å². The highest BCUT2D eigenvalue weighted by Crippen LogP contribution is 2.36. The maximum Gasteiger partial charge on any atom is 0.394 e. The smallest absolute Gasteiger partial charge is 0.394 e. The Bertz CT molecular complexity index is 341. The summed E-state index contributed by atoms with van der Waals surface area (Å²) in [7, 11) is 0. The first kappa shape index (κ1) is 17.0. The maximum atomic E-state index is 12.0. The first-order chi connectivity index (χ1) is 9.38. The van der Waals surface area contributed by atoms with Crippen LogP contribution in [-0.2, 0) is 9.59 Å². The lowest BCUT2D eigenvalue weighted by Gasteiger charge is -2.43. The van der Waals surface area contributed by atoms with Crippen molar-refractivity contribution in [2.75, 3.05) is 6.54 Å². The third kappa shape index (κ3) is 4.22. The summed E-state index contributed by atoms with van der Waals surface area (Å²) in [4.78, 5) is 24.8.